The highest BCUT2D eigenvalue weighted by Crippen LogP contribution is 2.16. The largest absolute Gasteiger partial charge is 0.469 e. The molecule has 0 saturated carbocycles. The maximum atomic E-state index is 11.4. The third-order valence-electron chi connectivity index (χ3n) is 3.93. The van der Waals surface area contributed by atoms with Gasteiger partial charge in [-0.15, -0.1) is 0 Å². The molecule has 0 aromatic heterocycles. The molecule has 19 heavy (non-hydrogen) atoms. The van der Waals surface area contributed by atoms with Gasteiger partial charge < -0.3 is 4.74 Å². The van der Waals surface area contributed by atoms with Crippen molar-refractivity contribution in [2.75, 3.05) is 7.11 Å². The van der Waals surface area contributed by atoms with Crippen LogP contribution in [0.5, 0.6) is 0 Å². The van der Waals surface area contributed by atoms with Crippen LogP contribution in [-0.2, 0) is 9.53 Å². The third kappa shape index (κ3) is 11.0. The molecule has 2 heteroatoms. The molecule has 0 aliphatic carbocycles. The minimum absolute atomic E-state index is 0.0292. The Morgan fingerprint density at radius 3 is 1.74 bits per heavy atom. The van der Waals surface area contributed by atoms with Crippen molar-refractivity contribution in [3.05, 3.63) is 0 Å². The molecule has 0 aliphatic heterocycles. The van der Waals surface area contributed by atoms with Crippen molar-refractivity contribution in [1.82, 2.24) is 0 Å². The fourth-order valence-electron chi connectivity index (χ4n) is 2.53. The Hall–Kier alpha value is -0.530. The molecule has 1 unspecified atom stereocenters. The zero-order chi connectivity index (χ0) is 14.3. The van der Waals surface area contributed by atoms with E-state index in [1.807, 2.05) is 0 Å². The molecule has 0 spiro atoms. The van der Waals surface area contributed by atoms with E-state index in [0.29, 0.717) is 0 Å². The summed E-state index contributed by atoms with van der Waals surface area (Å²) in [5.74, 6) is 0.0949. The molecule has 0 N–H and O–H groups in total. The van der Waals surface area contributed by atoms with Crippen molar-refractivity contribution in [2.24, 2.45) is 5.92 Å². The average Bonchev–Trinajstić information content (AvgIpc) is 2.44. The van der Waals surface area contributed by atoms with Crippen LogP contribution in [0.15, 0.2) is 0 Å². The molecule has 114 valence electrons. The number of esters is 1. The van der Waals surface area contributed by atoms with Gasteiger partial charge in [0.1, 0.15) is 0 Å². The molecular formula is C17H34O2. The van der Waals surface area contributed by atoms with Crippen LogP contribution in [0.3, 0.4) is 0 Å². The summed E-state index contributed by atoms with van der Waals surface area (Å²) in [7, 11) is 1.49. The Kier molecular flexibility index (Phi) is 13.5. The zero-order valence-electron chi connectivity index (χ0n) is 13.4. The van der Waals surface area contributed by atoms with Crippen LogP contribution in [-0.4, -0.2) is 13.1 Å². The number of unbranched alkanes of at least 4 members (excludes halogenated alkanes) is 9. The Labute approximate surface area is 120 Å². The minimum Gasteiger partial charge on any atom is -0.469 e. The van der Waals surface area contributed by atoms with E-state index >= 15 is 0 Å². The highest BCUT2D eigenvalue weighted by Gasteiger charge is 2.15. The van der Waals surface area contributed by atoms with Crippen molar-refractivity contribution in [3.63, 3.8) is 0 Å². The second-order valence-corrected chi connectivity index (χ2v) is 5.60. The van der Waals surface area contributed by atoms with Crippen LogP contribution in [0.25, 0.3) is 0 Å². The van der Waals surface area contributed by atoms with E-state index in [0.717, 1.165) is 12.8 Å². The molecule has 0 amide bonds. The van der Waals surface area contributed by atoms with Gasteiger partial charge in [-0.25, -0.2) is 0 Å². The molecule has 0 rings (SSSR count). The van der Waals surface area contributed by atoms with Crippen molar-refractivity contribution < 1.29 is 9.53 Å². The van der Waals surface area contributed by atoms with Crippen LogP contribution in [0.1, 0.15) is 90.9 Å². The quantitative estimate of drug-likeness (QED) is 0.326. The van der Waals surface area contributed by atoms with E-state index in [9.17, 15) is 4.79 Å². The number of hydrogen-bond donors (Lipinski definition) is 0. The molecule has 1 atom stereocenters. The molecule has 0 fully saturated rings. The van der Waals surface area contributed by atoms with Crippen LogP contribution in [0.4, 0.5) is 0 Å². The molecule has 0 radical (unpaired) electrons. The van der Waals surface area contributed by atoms with Gasteiger partial charge in [0, 0.05) is 0 Å². The first-order valence-corrected chi connectivity index (χ1v) is 8.34. The number of carbonyl (C=O) groups excluding carboxylic acids is 1. The van der Waals surface area contributed by atoms with Crippen molar-refractivity contribution in [3.8, 4) is 0 Å². The second kappa shape index (κ2) is 13.9. The molecule has 0 saturated heterocycles. The SMILES string of the molecule is CCCCCCCCCCCCC(CC)C(=O)OC. The van der Waals surface area contributed by atoms with Crippen molar-refractivity contribution >= 4 is 5.97 Å². The van der Waals surface area contributed by atoms with E-state index in [1.165, 1.54) is 71.3 Å². The summed E-state index contributed by atoms with van der Waals surface area (Å²) in [4.78, 5) is 11.4. The van der Waals surface area contributed by atoms with Crippen LogP contribution in [0.2, 0.25) is 0 Å². The first kappa shape index (κ1) is 18.5. The van der Waals surface area contributed by atoms with Gasteiger partial charge in [0.25, 0.3) is 0 Å². The van der Waals surface area contributed by atoms with Crippen LogP contribution in [0, 0.1) is 5.92 Å². The fraction of sp³-hybridized carbons (Fsp3) is 0.941. The molecule has 0 aromatic carbocycles. The molecule has 0 aromatic rings. The van der Waals surface area contributed by atoms with Gasteiger partial charge in [0.15, 0.2) is 0 Å². The van der Waals surface area contributed by atoms with Crippen LogP contribution >= 0.6 is 0 Å². The number of ether oxygens (including phenoxy) is 1. The number of hydrogen-bond acceptors (Lipinski definition) is 2. The van der Waals surface area contributed by atoms with E-state index in [-0.39, 0.29) is 11.9 Å². The molecule has 0 heterocycles. The van der Waals surface area contributed by atoms with Crippen LogP contribution < -0.4 is 0 Å². The Balaban J connectivity index is 3.28. The third-order valence-corrected chi connectivity index (χ3v) is 3.93. The summed E-state index contributed by atoms with van der Waals surface area (Å²) in [6.07, 6.45) is 15.4. The highest BCUT2D eigenvalue weighted by molar-refractivity contribution is 5.72. The maximum Gasteiger partial charge on any atom is 0.308 e. The smallest absolute Gasteiger partial charge is 0.308 e. The van der Waals surface area contributed by atoms with Gasteiger partial charge in [0.2, 0.25) is 0 Å². The lowest BCUT2D eigenvalue weighted by atomic mass is 9.98. The monoisotopic (exact) mass is 270 g/mol. The van der Waals surface area contributed by atoms with Gasteiger partial charge in [-0.2, -0.15) is 0 Å². The second-order valence-electron chi connectivity index (χ2n) is 5.60. The summed E-state index contributed by atoms with van der Waals surface area (Å²) in [6, 6.07) is 0. The average molecular weight is 270 g/mol. The first-order chi connectivity index (χ1) is 9.26. The first-order valence-electron chi connectivity index (χ1n) is 8.34. The number of carbonyl (C=O) groups is 1. The molecule has 2 nitrogen and oxygen atoms in total. The van der Waals surface area contributed by atoms with Crippen molar-refractivity contribution in [2.45, 2.75) is 90.9 Å². The van der Waals surface area contributed by atoms with E-state index < -0.39 is 0 Å². The van der Waals surface area contributed by atoms with E-state index in [1.54, 1.807) is 0 Å². The van der Waals surface area contributed by atoms with Gasteiger partial charge >= 0.3 is 5.97 Å². The summed E-state index contributed by atoms with van der Waals surface area (Å²) < 4.78 is 4.81. The number of methoxy groups -OCH3 is 1. The molecular weight excluding hydrogens is 236 g/mol. The lowest BCUT2D eigenvalue weighted by Gasteiger charge is -2.11. The van der Waals surface area contributed by atoms with Crippen molar-refractivity contribution in [1.29, 1.82) is 0 Å². The maximum absolute atomic E-state index is 11.4. The predicted octanol–water partition coefficient (Wildman–Crippen LogP) is 5.50. The van der Waals surface area contributed by atoms with Gasteiger partial charge in [-0.3, -0.25) is 4.79 Å². The highest BCUT2D eigenvalue weighted by atomic mass is 16.5. The van der Waals surface area contributed by atoms with Gasteiger partial charge in [-0.1, -0.05) is 78.1 Å². The summed E-state index contributed by atoms with van der Waals surface area (Å²) >= 11 is 0. The van der Waals surface area contributed by atoms with E-state index in [2.05, 4.69) is 13.8 Å². The topological polar surface area (TPSA) is 26.3 Å². The van der Waals surface area contributed by atoms with Gasteiger partial charge in [-0.05, 0) is 12.8 Å². The normalized spacial score (nSPS) is 12.4. The predicted molar refractivity (Wildman–Crippen MR) is 82.3 cm³/mol. The van der Waals surface area contributed by atoms with E-state index in [4.69, 9.17) is 4.74 Å². The minimum atomic E-state index is -0.0292. The Morgan fingerprint density at radius 2 is 1.32 bits per heavy atom. The Morgan fingerprint density at radius 1 is 0.842 bits per heavy atom. The molecule has 0 bridgehead atoms. The van der Waals surface area contributed by atoms with Gasteiger partial charge in [0.05, 0.1) is 13.0 Å². The zero-order valence-corrected chi connectivity index (χ0v) is 13.4. The summed E-state index contributed by atoms with van der Waals surface area (Å²) in [6.45, 7) is 4.33. The lowest BCUT2D eigenvalue weighted by Crippen LogP contribution is -2.15. The lowest BCUT2D eigenvalue weighted by molar-refractivity contribution is -0.145. The molecule has 0 aliphatic rings. The standard InChI is InChI=1S/C17H34O2/c1-4-6-7-8-9-10-11-12-13-14-15-16(5-2)17(18)19-3/h16H,4-15H2,1-3H3. The summed E-state index contributed by atoms with van der Waals surface area (Å²) in [5.41, 5.74) is 0. The Bertz CT molecular complexity index is 201. The fourth-order valence-corrected chi connectivity index (χ4v) is 2.53. The number of rotatable bonds is 13. The summed E-state index contributed by atoms with van der Waals surface area (Å²) in [5, 5.41) is 0.